The lowest BCUT2D eigenvalue weighted by atomic mass is 9.97. The largest absolute Gasteiger partial charge is 0.490 e. The van der Waals surface area contributed by atoms with Gasteiger partial charge in [-0.05, 0) is 55.2 Å². The average Bonchev–Trinajstić information content (AvgIpc) is 2.58. The summed E-state index contributed by atoms with van der Waals surface area (Å²) in [4.78, 5) is 15.5. The van der Waals surface area contributed by atoms with Crippen LogP contribution in [0.4, 0.5) is 0 Å². The van der Waals surface area contributed by atoms with Gasteiger partial charge in [-0.1, -0.05) is 26.8 Å². The lowest BCUT2D eigenvalue weighted by Crippen LogP contribution is -2.23. The van der Waals surface area contributed by atoms with Crippen LogP contribution < -0.4 is 4.74 Å². The molecule has 0 bridgehead atoms. The molecule has 2 heterocycles. The number of pyridine rings is 1. The SMILES string of the molecule is CC(C)(C)Sc1cccc(-c2ccc3c(c2)CCC(CCC(=O)O)O3)n1. The van der Waals surface area contributed by atoms with Crippen LogP contribution in [0.3, 0.4) is 0 Å². The van der Waals surface area contributed by atoms with Gasteiger partial charge in [-0.25, -0.2) is 4.98 Å². The second-order valence-corrected chi connectivity index (χ2v) is 9.46. The Morgan fingerprint density at radius 2 is 2.12 bits per heavy atom. The Morgan fingerprint density at radius 1 is 1.31 bits per heavy atom. The Balaban J connectivity index is 1.76. The summed E-state index contributed by atoms with van der Waals surface area (Å²) in [5.74, 6) is 0.101. The molecule has 1 aliphatic rings. The summed E-state index contributed by atoms with van der Waals surface area (Å²) in [7, 11) is 0. The molecule has 0 spiro atoms. The maximum Gasteiger partial charge on any atom is 0.303 e. The van der Waals surface area contributed by atoms with Crippen LogP contribution in [0.2, 0.25) is 0 Å². The van der Waals surface area contributed by atoms with E-state index in [1.165, 1.54) is 5.56 Å². The van der Waals surface area contributed by atoms with Crippen LogP contribution in [0.25, 0.3) is 11.3 Å². The van der Waals surface area contributed by atoms with Crippen LogP contribution in [0.5, 0.6) is 5.75 Å². The van der Waals surface area contributed by atoms with E-state index in [4.69, 9.17) is 14.8 Å². The van der Waals surface area contributed by atoms with Gasteiger partial charge in [-0.15, -0.1) is 11.8 Å². The number of carbonyl (C=O) groups is 1. The third-order valence-electron chi connectivity index (χ3n) is 4.20. The number of aryl methyl sites for hydroxylation is 1. The topological polar surface area (TPSA) is 59.4 Å². The number of hydrogen-bond donors (Lipinski definition) is 1. The Bertz CT molecular complexity index is 798. The Hall–Kier alpha value is -2.01. The van der Waals surface area contributed by atoms with Crippen molar-refractivity contribution in [3.63, 3.8) is 0 Å². The molecule has 138 valence electrons. The smallest absolute Gasteiger partial charge is 0.303 e. The highest BCUT2D eigenvalue weighted by molar-refractivity contribution is 8.00. The number of aromatic nitrogens is 1. The fourth-order valence-corrected chi connectivity index (χ4v) is 3.96. The quantitative estimate of drug-likeness (QED) is 0.732. The predicted molar refractivity (Wildman–Crippen MR) is 105 cm³/mol. The monoisotopic (exact) mass is 371 g/mol. The third-order valence-corrected chi connectivity index (χ3v) is 5.25. The first-order valence-electron chi connectivity index (χ1n) is 8.98. The molecule has 2 aromatic rings. The predicted octanol–water partition coefficient (Wildman–Crippen LogP) is 5.20. The van der Waals surface area contributed by atoms with Gasteiger partial charge in [0.2, 0.25) is 0 Å². The Morgan fingerprint density at radius 3 is 2.85 bits per heavy atom. The van der Waals surface area contributed by atoms with Gasteiger partial charge in [0, 0.05) is 16.7 Å². The lowest BCUT2D eigenvalue weighted by Gasteiger charge is -2.26. The molecule has 0 aliphatic carbocycles. The summed E-state index contributed by atoms with van der Waals surface area (Å²) >= 11 is 1.76. The molecule has 0 saturated carbocycles. The van der Waals surface area contributed by atoms with Gasteiger partial charge in [-0.3, -0.25) is 4.79 Å². The number of fused-ring (bicyclic) bond motifs is 1. The van der Waals surface area contributed by atoms with Crippen LogP contribution in [-0.4, -0.2) is 26.9 Å². The van der Waals surface area contributed by atoms with Crippen molar-refractivity contribution in [2.45, 2.75) is 62.3 Å². The van der Waals surface area contributed by atoms with Crippen molar-refractivity contribution >= 4 is 17.7 Å². The summed E-state index contributed by atoms with van der Waals surface area (Å²) in [5.41, 5.74) is 3.23. The highest BCUT2D eigenvalue weighted by atomic mass is 32.2. The zero-order valence-electron chi connectivity index (χ0n) is 15.5. The molecule has 1 aromatic heterocycles. The van der Waals surface area contributed by atoms with E-state index < -0.39 is 5.97 Å². The molecule has 0 saturated heterocycles. The summed E-state index contributed by atoms with van der Waals surface area (Å²) in [6.45, 7) is 6.55. The lowest BCUT2D eigenvalue weighted by molar-refractivity contribution is -0.137. The summed E-state index contributed by atoms with van der Waals surface area (Å²) in [5, 5.41) is 9.86. The molecular weight excluding hydrogens is 346 g/mol. The Labute approximate surface area is 159 Å². The van der Waals surface area contributed by atoms with Gasteiger partial charge in [-0.2, -0.15) is 0 Å². The van der Waals surface area contributed by atoms with Crippen LogP contribution in [0.15, 0.2) is 41.4 Å². The van der Waals surface area contributed by atoms with Crippen molar-refractivity contribution in [3.05, 3.63) is 42.0 Å². The summed E-state index contributed by atoms with van der Waals surface area (Å²) < 4.78 is 6.10. The van der Waals surface area contributed by atoms with Crippen molar-refractivity contribution in [2.75, 3.05) is 0 Å². The number of ether oxygens (including phenoxy) is 1. The molecule has 3 rings (SSSR count). The summed E-state index contributed by atoms with van der Waals surface area (Å²) in [6.07, 6.45) is 2.47. The zero-order valence-corrected chi connectivity index (χ0v) is 16.3. The minimum absolute atomic E-state index is 0.00547. The van der Waals surface area contributed by atoms with Crippen molar-refractivity contribution in [1.29, 1.82) is 0 Å². The Kier molecular flexibility index (Phi) is 5.56. The van der Waals surface area contributed by atoms with Crippen molar-refractivity contribution in [2.24, 2.45) is 0 Å². The number of nitrogens with zero attached hydrogens (tertiary/aromatic N) is 1. The number of carboxylic acid groups (broad SMARTS) is 1. The highest BCUT2D eigenvalue weighted by Crippen LogP contribution is 2.34. The van der Waals surface area contributed by atoms with E-state index in [1.807, 2.05) is 30.3 Å². The van der Waals surface area contributed by atoms with E-state index in [0.29, 0.717) is 6.42 Å². The van der Waals surface area contributed by atoms with Gasteiger partial charge < -0.3 is 9.84 Å². The second-order valence-electron chi connectivity index (χ2n) is 7.61. The van der Waals surface area contributed by atoms with Crippen LogP contribution in [-0.2, 0) is 11.2 Å². The molecular formula is C21H25NO3S. The molecule has 1 aromatic carbocycles. The molecule has 4 nitrogen and oxygen atoms in total. The fraction of sp³-hybridized carbons (Fsp3) is 0.429. The molecule has 1 atom stereocenters. The standard InChI is InChI=1S/C21H25NO3S/c1-21(2,3)26-19-6-4-5-17(22-19)14-8-11-18-15(13-14)7-9-16(25-18)10-12-20(23)24/h4-6,8,11,13,16H,7,9-10,12H2,1-3H3,(H,23,24). The first kappa shape index (κ1) is 18.8. The normalized spacial score (nSPS) is 16.7. The van der Waals surface area contributed by atoms with E-state index in [1.54, 1.807) is 11.8 Å². The number of hydrogen-bond acceptors (Lipinski definition) is 4. The van der Waals surface area contributed by atoms with E-state index in [-0.39, 0.29) is 17.3 Å². The molecule has 0 radical (unpaired) electrons. The number of thioether (sulfide) groups is 1. The van der Waals surface area contributed by atoms with Gasteiger partial charge in [0.25, 0.3) is 0 Å². The van der Waals surface area contributed by atoms with Crippen molar-refractivity contribution in [1.82, 2.24) is 4.98 Å². The van der Waals surface area contributed by atoms with Gasteiger partial charge in [0.05, 0.1) is 16.8 Å². The fourth-order valence-electron chi connectivity index (χ4n) is 3.04. The molecule has 1 unspecified atom stereocenters. The van der Waals surface area contributed by atoms with Crippen LogP contribution >= 0.6 is 11.8 Å². The van der Waals surface area contributed by atoms with E-state index in [2.05, 4.69) is 26.8 Å². The molecule has 0 amide bonds. The van der Waals surface area contributed by atoms with E-state index >= 15 is 0 Å². The van der Waals surface area contributed by atoms with Gasteiger partial charge >= 0.3 is 5.97 Å². The molecule has 26 heavy (non-hydrogen) atoms. The van der Waals surface area contributed by atoms with E-state index in [9.17, 15) is 4.79 Å². The minimum atomic E-state index is -0.770. The third kappa shape index (κ3) is 5.01. The van der Waals surface area contributed by atoms with Crippen LogP contribution in [0, 0.1) is 0 Å². The molecule has 0 fully saturated rings. The second kappa shape index (κ2) is 7.70. The number of rotatable bonds is 5. The molecule has 5 heteroatoms. The first-order valence-corrected chi connectivity index (χ1v) is 9.80. The first-order chi connectivity index (χ1) is 12.3. The molecule has 1 aliphatic heterocycles. The van der Waals surface area contributed by atoms with Crippen molar-refractivity contribution in [3.8, 4) is 17.0 Å². The summed E-state index contributed by atoms with van der Waals surface area (Å²) in [6, 6.07) is 12.3. The number of benzene rings is 1. The van der Waals surface area contributed by atoms with Gasteiger partial charge in [0.15, 0.2) is 0 Å². The van der Waals surface area contributed by atoms with E-state index in [0.717, 1.165) is 34.9 Å². The minimum Gasteiger partial charge on any atom is -0.490 e. The highest BCUT2D eigenvalue weighted by Gasteiger charge is 2.21. The average molecular weight is 372 g/mol. The molecule has 1 N–H and O–H groups in total. The maximum atomic E-state index is 10.7. The number of aliphatic carboxylic acids is 1. The van der Waals surface area contributed by atoms with Gasteiger partial charge in [0.1, 0.15) is 5.75 Å². The van der Waals surface area contributed by atoms with Crippen molar-refractivity contribution < 1.29 is 14.6 Å². The van der Waals surface area contributed by atoms with Crippen LogP contribution in [0.1, 0.15) is 45.6 Å². The zero-order chi connectivity index (χ0) is 18.7. The number of carboxylic acids is 1. The maximum absolute atomic E-state index is 10.7.